The van der Waals surface area contributed by atoms with Crippen LogP contribution in [0.5, 0.6) is 11.5 Å². The van der Waals surface area contributed by atoms with Crippen LogP contribution in [0.2, 0.25) is 5.02 Å². The minimum atomic E-state index is -2.87. The van der Waals surface area contributed by atoms with E-state index in [0.717, 1.165) is 22.8 Å². The number of nitriles is 1. The van der Waals surface area contributed by atoms with Crippen molar-refractivity contribution in [1.82, 2.24) is 14.8 Å². The lowest BCUT2D eigenvalue weighted by molar-refractivity contribution is 0.151. The lowest BCUT2D eigenvalue weighted by atomic mass is 9.98. The van der Waals surface area contributed by atoms with E-state index >= 15 is 4.39 Å². The summed E-state index contributed by atoms with van der Waals surface area (Å²) in [5, 5.41) is 24.6. The molecule has 0 bridgehead atoms. The maximum atomic E-state index is 15.3. The van der Waals surface area contributed by atoms with Crippen LogP contribution in [-0.2, 0) is 7.05 Å². The summed E-state index contributed by atoms with van der Waals surface area (Å²) in [7, 11) is 1.40. The summed E-state index contributed by atoms with van der Waals surface area (Å²) >= 11 is 6.04. The first-order valence-corrected chi connectivity index (χ1v) is 8.85. The third-order valence-corrected chi connectivity index (χ3v) is 4.69. The second kappa shape index (κ2) is 8.61. The second-order valence-electron chi connectivity index (χ2n) is 6.27. The highest BCUT2D eigenvalue weighted by atomic mass is 35.5. The molecule has 11 heteroatoms. The normalized spacial score (nSPS) is 12.1. The number of ether oxygens (including phenoxy) is 1. The molecule has 3 rings (SSSR count). The predicted molar refractivity (Wildman–Crippen MR) is 100 cm³/mol. The average molecular weight is 439 g/mol. The Morgan fingerprint density at radius 1 is 1.37 bits per heavy atom. The fraction of sp³-hybridized carbons (Fsp3) is 0.211. The van der Waals surface area contributed by atoms with Crippen molar-refractivity contribution >= 4 is 11.6 Å². The number of rotatable bonds is 6. The van der Waals surface area contributed by atoms with Crippen LogP contribution in [0.15, 0.2) is 35.1 Å². The minimum Gasteiger partial charge on any atom is -0.453 e. The Hall–Kier alpha value is -3.29. The fourth-order valence-corrected chi connectivity index (χ4v) is 3.07. The Bertz CT molecular complexity index is 1190. The Morgan fingerprint density at radius 2 is 2.10 bits per heavy atom. The van der Waals surface area contributed by atoms with Gasteiger partial charge in [0.2, 0.25) is 0 Å². The number of hydrogen-bond donors (Lipinski definition) is 2. The zero-order valence-corrected chi connectivity index (χ0v) is 16.1. The first-order chi connectivity index (χ1) is 14.3. The highest BCUT2D eigenvalue weighted by molar-refractivity contribution is 6.32. The van der Waals surface area contributed by atoms with Crippen molar-refractivity contribution in [2.24, 2.45) is 7.05 Å². The van der Waals surface area contributed by atoms with Gasteiger partial charge in [0, 0.05) is 18.2 Å². The van der Waals surface area contributed by atoms with Gasteiger partial charge in [-0.05, 0) is 24.3 Å². The molecule has 1 aromatic heterocycles. The molecule has 2 N–H and O–H groups in total. The number of nitrogens with zero attached hydrogens (tertiary/aromatic N) is 3. The van der Waals surface area contributed by atoms with E-state index in [1.807, 2.05) is 0 Å². The predicted octanol–water partition coefficient (Wildman–Crippen LogP) is 3.63. The van der Waals surface area contributed by atoms with Gasteiger partial charge in [0.25, 0.3) is 6.43 Å². The smallest absolute Gasteiger partial charge is 0.343 e. The molecule has 7 nitrogen and oxygen atoms in total. The summed E-state index contributed by atoms with van der Waals surface area (Å²) in [5.74, 6) is -2.63. The summed E-state index contributed by atoms with van der Waals surface area (Å²) in [5.41, 5.74) is -1.21. The highest BCUT2D eigenvalue weighted by Crippen LogP contribution is 2.38. The van der Waals surface area contributed by atoms with E-state index in [0.29, 0.717) is 0 Å². The molecular formula is C19H14ClF3N4O3. The van der Waals surface area contributed by atoms with E-state index in [9.17, 15) is 18.7 Å². The maximum Gasteiger partial charge on any atom is 0.343 e. The lowest BCUT2D eigenvalue weighted by Crippen LogP contribution is -2.19. The molecule has 2 aromatic carbocycles. The molecule has 3 aromatic rings. The minimum absolute atomic E-state index is 0.0705. The molecule has 0 aliphatic rings. The molecule has 0 spiro atoms. The Labute approximate surface area is 172 Å². The third kappa shape index (κ3) is 4.03. The Kier molecular flexibility index (Phi) is 6.14. The first kappa shape index (κ1) is 21.4. The number of halogens is 4. The van der Waals surface area contributed by atoms with Gasteiger partial charge in [-0.25, -0.2) is 23.1 Å². The van der Waals surface area contributed by atoms with Crippen LogP contribution in [0.1, 0.15) is 34.9 Å². The number of aromatic amines is 1. The summed E-state index contributed by atoms with van der Waals surface area (Å²) in [6, 6.07) is 7.44. The van der Waals surface area contributed by atoms with Crippen molar-refractivity contribution < 1.29 is 23.0 Å². The molecule has 0 aliphatic carbocycles. The molecule has 1 heterocycles. The number of H-pyrrole nitrogens is 1. The number of aliphatic hydroxyl groups excluding tert-OH is 1. The first-order valence-electron chi connectivity index (χ1n) is 8.48. The lowest BCUT2D eigenvalue weighted by Gasteiger charge is -2.17. The van der Waals surface area contributed by atoms with E-state index in [-0.39, 0.29) is 27.7 Å². The maximum absolute atomic E-state index is 15.3. The average Bonchev–Trinajstić information content (AvgIpc) is 3.05. The largest absolute Gasteiger partial charge is 0.453 e. The Morgan fingerprint density at radius 3 is 2.67 bits per heavy atom. The number of aromatic nitrogens is 3. The number of benzene rings is 2. The molecule has 30 heavy (non-hydrogen) atoms. The monoisotopic (exact) mass is 438 g/mol. The highest BCUT2D eigenvalue weighted by Gasteiger charge is 2.26. The number of aliphatic hydroxyl groups is 1. The van der Waals surface area contributed by atoms with Crippen molar-refractivity contribution in [1.29, 1.82) is 5.26 Å². The van der Waals surface area contributed by atoms with Crippen molar-refractivity contribution in [3.8, 4) is 17.6 Å². The molecule has 0 aliphatic heterocycles. The van der Waals surface area contributed by atoms with Crippen LogP contribution in [-0.4, -0.2) is 26.5 Å². The van der Waals surface area contributed by atoms with Gasteiger partial charge in [-0.1, -0.05) is 17.7 Å². The van der Waals surface area contributed by atoms with Crippen LogP contribution in [0.25, 0.3) is 0 Å². The number of alkyl halides is 2. The molecule has 1 unspecified atom stereocenters. The van der Waals surface area contributed by atoms with E-state index in [2.05, 4.69) is 10.2 Å². The number of nitrogens with one attached hydrogen (secondary N) is 1. The van der Waals surface area contributed by atoms with Gasteiger partial charge < -0.3 is 9.84 Å². The van der Waals surface area contributed by atoms with Gasteiger partial charge in [-0.2, -0.15) is 10.4 Å². The molecule has 0 radical (unpaired) electrons. The van der Waals surface area contributed by atoms with Gasteiger partial charge in [0.1, 0.15) is 11.6 Å². The van der Waals surface area contributed by atoms with Crippen LogP contribution >= 0.6 is 11.6 Å². The summed E-state index contributed by atoms with van der Waals surface area (Å²) in [4.78, 5) is 11.6. The summed E-state index contributed by atoms with van der Waals surface area (Å²) < 4.78 is 47.9. The quantitative estimate of drug-likeness (QED) is 0.611. The van der Waals surface area contributed by atoms with Gasteiger partial charge in [0.05, 0.1) is 29.2 Å². The van der Waals surface area contributed by atoms with E-state index in [4.69, 9.17) is 21.6 Å². The van der Waals surface area contributed by atoms with Crippen molar-refractivity contribution in [2.75, 3.05) is 6.61 Å². The van der Waals surface area contributed by atoms with Crippen molar-refractivity contribution in [3.63, 3.8) is 0 Å². The molecular weight excluding hydrogens is 425 g/mol. The zero-order valence-electron chi connectivity index (χ0n) is 15.4. The van der Waals surface area contributed by atoms with E-state index < -0.39 is 41.8 Å². The van der Waals surface area contributed by atoms with E-state index in [1.165, 1.54) is 19.2 Å². The summed E-state index contributed by atoms with van der Waals surface area (Å²) in [6.07, 6.45) is -2.87. The van der Waals surface area contributed by atoms with Crippen molar-refractivity contribution in [2.45, 2.75) is 12.3 Å². The van der Waals surface area contributed by atoms with Crippen LogP contribution in [0.3, 0.4) is 0 Å². The molecule has 0 amide bonds. The van der Waals surface area contributed by atoms with Crippen LogP contribution < -0.4 is 10.4 Å². The molecule has 0 saturated heterocycles. The van der Waals surface area contributed by atoms with Gasteiger partial charge in [-0.15, -0.1) is 0 Å². The molecule has 156 valence electrons. The third-order valence-electron chi connectivity index (χ3n) is 4.39. The zero-order chi connectivity index (χ0) is 22.0. The molecule has 0 saturated carbocycles. The standard InChI is InChI=1S/C19H14ClF3N4O3/c1-27-18(25-26-19(27)29)13(8-28)12-2-3-14(20)16(15(12)21)30-11-5-9(7-24)4-10(6-11)17(22)23/h2-6,13,17,28H,8H2,1H3,(H,26,29). The molecule has 1 atom stereocenters. The topological polar surface area (TPSA) is 104 Å². The number of hydrogen-bond acceptors (Lipinski definition) is 5. The van der Waals surface area contributed by atoms with Crippen LogP contribution in [0.4, 0.5) is 13.2 Å². The van der Waals surface area contributed by atoms with Gasteiger partial charge in [0.15, 0.2) is 11.6 Å². The van der Waals surface area contributed by atoms with Gasteiger partial charge in [-0.3, -0.25) is 4.57 Å². The van der Waals surface area contributed by atoms with Crippen molar-refractivity contribution in [3.05, 3.63) is 74.2 Å². The van der Waals surface area contributed by atoms with E-state index in [1.54, 1.807) is 6.07 Å². The second-order valence-corrected chi connectivity index (χ2v) is 6.67. The Balaban J connectivity index is 2.08. The van der Waals surface area contributed by atoms with Gasteiger partial charge >= 0.3 is 5.69 Å². The SMILES string of the molecule is Cn1c(C(CO)c2ccc(Cl)c(Oc3cc(C#N)cc(C(F)F)c3)c2F)n[nH]c1=O. The molecule has 0 fully saturated rings. The summed E-state index contributed by atoms with van der Waals surface area (Å²) in [6.45, 7) is -0.588. The fourth-order valence-electron chi connectivity index (χ4n) is 2.89. The van der Waals surface area contributed by atoms with Crippen LogP contribution in [0, 0.1) is 17.1 Å².